The molecule has 0 aromatic heterocycles. The van der Waals surface area contributed by atoms with Crippen LogP contribution in [0, 0.1) is 0 Å². The molecule has 0 aliphatic heterocycles. The van der Waals surface area contributed by atoms with Crippen molar-refractivity contribution in [1.82, 2.24) is 5.32 Å². The number of para-hydroxylation sites is 1. The highest BCUT2D eigenvalue weighted by molar-refractivity contribution is 5.81. The number of aryl methyl sites for hydroxylation is 2. The Morgan fingerprint density at radius 2 is 1.81 bits per heavy atom. The summed E-state index contributed by atoms with van der Waals surface area (Å²) in [5, 5.41) is 2.98. The summed E-state index contributed by atoms with van der Waals surface area (Å²) in [4.78, 5) is 12.4. The molecule has 0 fully saturated rings. The third kappa shape index (κ3) is 5.80. The second kappa shape index (κ2) is 10.5. The van der Waals surface area contributed by atoms with Gasteiger partial charge in [-0.1, -0.05) is 44.2 Å². The third-order valence-electron chi connectivity index (χ3n) is 4.39. The second-order valence-corrected chi connectivity index (χ2v) is 6.22. The highest BCUT2D eigenvalue weighted by atomic mass is 16.5. The second-order valence-electron chi connectivity index (χ2n) is 6.22. The monoisotopic (exact) mass is 355 g/mol. The van der Waals surface area contributed by atoms with E-state index in [1.807, 2.05) is 49.4 Å². The van der Waals surface area contributed by atoms with Crippen molar-refractivity contribution in [2.75, 3.05) is 13.7 Å². The molecule has 2 rings (SSSR count). The highest BCUT2D eigenvalue weighted by Crippen LogP contribution is 2.19. The Morgan fingerprint density at radius 1 is 1.08 bits per heavy atom. The maximum atomic E-state index is 12.4. The summed E-state index contributed by atoms with van der Waals surface area (Å²) in [5.41, 5.74) is 2.41. The first-order valence-corrected chi connectivity index (χ1v) is 9.33. The van der Waals surface area contributed by atoms with Gasteiger partial charge in [0, 0.05) is 6.54 Å². The summed E-state index contributed by atoms with van der Waals surface area (Å²) in [5.74, 6) is 1.56. The Morgan fingerprint density at radius 3 is 2.46 bits per heavy atom. The van der Waals surface area contributed by atoms with Gasteiger partial charge in [0.25, 0.3) is 5.91 Å². The molecule has 0 spiro atoms. The van der Waals surface area contributed by atoms with E-state index in [1.54, 1.807) is 7.11 Å². The van der Waals surface area contributed by atoms with Crippen LogP contribution in [0.25, 0.3) is 0 Å². The summed E-state index contributed by atoms with van der Waals surface area (Å²) in [7, 11) is 1.68. The van der Waals surface area contributed by atoms with Gasteiger partial charge in [-0.05, 0) is 55.0 Å². The topological polar surface area (TPSA) is 47.6 Å². The van der Waals surface area contributed by atoms with E-state index in [9.17, 15) is 4.79 Å². The minimum absolute atomic E-state index is 0.0629. The summed E-state index contributed by atoms with van der Waals surface area (Å²) in [6, 6.07) is 15.9. The Balaban J connectivity index is 1.79. The lowest BCUT2D eigenvalue weighted by Crippen LogP contribution is -2.38. The van der Waals surface area contributed by atoms with Crippen LogP contribution in [0.5, 0.6) is 11.5 Å². The zero-order valence-electron chi connectivity index (χ0n) is 16.0. The number of amides is 1. The molecular formula is C22H29NO3. The molecule has 0 heterocycles. The van der Waals surface area contributed by atoms with Crippen molar-refractivity contribution in [2.24, 2.45) is 0 Å². The summed E-state index contributed by atoms with van der Waals surface area (Å²) in [6.07, 6.45) is 2.88. The predicted octanol–water partition coefficient (Wildman–Crippen LogP) is 4.16. The predicted molar refractivity (Wildman–Crippen MR) is 105 cm³/mol. The fraction of sp³-hybridized carbons (Fsp3) is 0.409. The van der Waals surface area contributed by atoms with Crippen LogP contribution in [-0.4, -0.2) is 25.7 Å². The molecule has 1 amide bonds. The standard InChI is InChI=1S/C22H29NO3/c1-4-17-12-14-19(15-13-17)26-20(5-2)22(24)23-16-8-10-18-9-6-7-11-21(18)25-3/h6-7,9,11-15,20H,4-5,8,10,16H2,1-3H3,(H,23,24)/t20-/m1/s1. The minimum atomic E-state index is -0.464. The highest BCUT2D eigenvalue weighted by Gasteiger charge is 2.17. The van der Waals surface area contributed by atoms with Gasteiger partial charge in [0.2, 0.25) is 0 Å². The average Bonchev–Trinajstić information content (AvgIpc) is 2.69. The zero-order valence-corrected chi connectivity index (χ0v) is 16.0. The first-order chi connectivity index (χ1) is 12.7. The number of benzene rings is 2. The number of hydrogen-bond donors (Lipinski definition) is 1. The number of carbonyl (C=O) groups is 1. The Labute approximate surface area is 156 Å². The van der Waals surface area contributed by atoms with Crippen LogP contribution in [-0.2, 0) is 17.6 Å². The van der Waals surface area contributed by atoms with Crippen molar-refractivity contribution < 1.29 is 14.3 Å². The number of methoxy groups -OCH3 is 1. The van der Waals surface area contributed by atoms with Gasteiger partial charge >= 0.3 is 0 Å². The van der Waals surface area contributed by atoms with E-state index in [4.69, 9.17) is 9.47 Å². The zero-order chi connectivity index (χ0) is 18.8. The van der Waals surface area contributed by atoms with Crippen LogP contribution in [0.15, 0.2) is 48.5 Å². The molecule has 2 aromatic carbocycles. The summed E-state index contributed by atoms with van der Waals surface area (Å²) in [6.45, 7) is 4.69. The van der Waals surface area contributed by atoms with E-state index >= 15 is 0 Å². The molecule has 0 saturated carbocycles. The Bertz CT molecular complexity index is 682. The quantitative estimate of drug-likeness (QED) is 0.651. The molecule has 0 aliphatic rings. The van der Waals surface area contributed by atoms with Crippen molar-refractivity contribution in [2.45, 2.75) is 45.6 Å². The van der Waals surface area contributed by atoms with E-state index < -0.39 is 6.10 Å². The largest absolute Gasteiger partial charge is 0.496 e. The van der Waals surface area contributed by atoms with Crippen LogP contribution in [0.3, 0.4) is 0 Å². The normalized spacial score (nSPS) is 11.7. The van der Waals surface area contributed by atoms with E-state index in [1.165, 1.54) is 5.56 Å². The van der Waals surface area contributed by atoms with Gasteiger partial charge < -0.3 is 14.8 Å². The van der Waals surface area contributed by atoms with Crippen molar-refractivity contribution in [3.63, 3.8) is 0 Å². The van der Waals surface area contributed by atoms with Crippen LogP contribution < -0.4 is 14.8 Å². The van der Waals surface area contributed by atoms with Crippen LogP contribution in [0.2, 0.25) is 0 Å². The maximum Gasteiger partial charge on any atom is 0.261 e. The van der Waals surface area contributed by atoms with Gasteiger partial charge in [-0.15, -0.1) is 0 Å². The van der Waals surface area contributed by atoms with Crippen molar-refractivity contribution in [3.8, 4) is 11.5 Å². The first-order valence-electron chi connectivity index (χ1n) is 9.33. The molecule has 0 aliphatic carbocycles. The number of ether oxygens (including phenoxy) is 2. The van der Waals surface area contributed by atoms with E-state index in [0.717, 1.165) is 36.3 Å². The molecule has 1 atom stereocenters. The molecule has 2 aromatic rings. The van der Waals surface area contributed by atoms with Gasteiger partial charge in [0.15, 0.2) is 6.10 Å². The van der Waals surface area contributed by atoms with Gasteiger partial charge in [-0.2, -0.15) is 0 Å². The molecule has 1 N–H and O–H groups in total. The van der Waals surface area contributed by atoms with Gasteiger partial charge in [0.05, 0.1) is 7.11 Å². The smallest absolute Gasteiger partial charge is 0.261 e. The van der Waals surface area contributed by atoms with E-state index in [2.05, 4.69) is 18.3 Å². The molecule has 0 saturated heterocycles. The molecule has 0 unspecified atom stereocenters. The van der Waals surface area contributed by atoms with Crippen LogP contribution in [0.1, 0.15) is 37.8 Å². The fourth-order valence-corrected chi connectivity index (χ4v) is 2.80. The molecule has 4 heteroatoms. The number of hydrogen-bond acceptors (Lipinski definition) is 3. The van der Waals surface area contributed by atoms with Crippen molar-refractivity contribution in [1.29, 1.82) is 0 Å². The number of carbonyl (C=O) groups excluding carboxylic acids is 1. The third-order valence-corrected chi connectivity index (χ3v) is 4.39. The molecule has 4 nitrogen and oxygen atoms in total. The molecule has 140 valence electrons. The van der Waals surface area contributed by atoms with Crippen LogP contribution in [0.4, 0.5) is 0 Å². The number of nitrogens with one attached hydrogen (secondary N) is 1. The minimum Gasteiger partial charge on any atom is -0.496 e. The maximum absolute atomic E-state index is 12.4. The first kappa shape index (κ1) is 19.8. The fourth-order valence-electron chi connectivity index (χ4n) is 2.80. The lowest BCUT2D eigenvalue weighted by molar-refractivity contribution is -0.128. The van der Waals surface area contributed by atoms with Gasteiger partial charge in [0.1, 0.15) is 11.5 Å². The summed E-state index contributed by atoms with van der Waals surface area (Å²) < 4.78 is 11.2. The van der Waals surface area contributed by atoms with Crippen molar-refractivity contribution >= 4 is 5.91 Å². The van der Waals surface area contributed by atoms with Crippen LogP contribution >= 0.6 is 0 Å². The SMILES string of the molecule is CCc1ccc(O[C@H](CC)C(=O)NCCCc2ccccc2OC)cc1. The van der Waals surface area contributed by atoms with Gasteiger partial charge in [-0.3, -0.25) is 4.79 Å². The average molecular weight is 355 g/mol. The lowest BCUT2D eigenvalue weighted by atomic mass is 10.1. The molecule has 0 bridgehead atoms. The lowest BCUT2D eigenvalue weighted by Gasteiger charge is -2.17. The molecular weight excluding hydrogens is 326 g/mol. The molecule has 0 radical (unpaired) electrons. The van der Waals surface area contributed by atoms with Gasteiger partial charge in [-0.25, -0.2) is 0 Å². The number of rotatable bonds is 10. The summed E-state index contributed by atoms with van der Waals surface area (Å²) >= 11 is 0. The van der Waals surface area contributed by atoms with Crippen molar-refractivity contribution in [3.05, 3.63) is 59.7 Å². The Hall–Kier alpha value is -2.49. The van der Waals surface area contributed by atoms with E-state index in [-0.39, 0.29) is 5.91 Å². The Kier molecular flexibility index (Phi) is 8.00. The molecule has 26 heavy (non-hydrogen) atoms. The van der Waals surface area contributed by atoms with E-state index in [0.29, 0.717) is 13.0 Å².